The largest absolute Gasteiger partial charge is 0.308 e. The second-order valence-corrected chi connectivity index (χ2v) is 3.29. The van der Waals surface area contributed by atoms with Crippen LogP contribution in [0.2, 0.25) is 0 Å². The Labute approximate surface area is 96.6 Å². The van der Waals surface area contributed by atoms with Gasteiger partial charge in [0.2, 0.25) is 0 Å². The Bertz CT molecular complexity index is 423. The van der Waals surface area contributed by atoms with E-state index in [2.05, 4.69) is 4.99 Å². The molecule has 0 saturated heterocycles. The van der Waals surface area contributed by atoms with E-state index in [1.54, 1.807) is 7.05 Å². The molecule has 0 saturated carbocycles. The molecule has 0 atom stereocenters. The van der Waals surface area contributed by atoms with Gasteiger partial charge < -0.3 is 5.41 Å². The molecule has 0 spiro atoms. The van der Waals surface area contributed by atoms with E-state index in [9.17, 15) is 0 Å². The Hall–Kier alpha value is -1.96. The minimum Gasteiger partial charge on any atom is -0.308 e. The second kappa shape index (κ2) is 6.51. The predicted molar refractivity (Wildman–Crippen MR) is 71.5 cm³/mol. The molecule has 2 nitrogen and oxygen atoms in total. The number of hydrogen-bond acceptors (Lipinski definition) is 2. The summed E-state index contributed by atoms with van der Waals surface area (Å²) in [6.45, 7) is 1.97. The molecule has 0 unspecified atom stereocenters. The molecule has 1 rings (SSSR count). The van der Waals surface area contributed by atoms with Crippen molar-refractivity contribution in [3.63, 3.8) is 0 Å². The fourth-order valence-corrected chi connectivity index (χ4v) is 1.26. The van der Waals surface area contributed by atoms with Gasteiger partial charge >= 0.3 is 0 Å². The van der Waals surface area contributed by atoms with Gasteiger partial charge in [-0.2, -0.15) is 0 Å². The highest BCUT2D eigenvalue weighted by atomic mass is 14.7. The first-order valence-electron chi connectivity index (χ1n) is 5.18. The Morgan fingerprint density at radius 3 is 2.25 bits per heavy atom. The molecule has 0 heterocycles. The lowest BCUT2D eigenvalue weighted by molar-refractivity contribution is 1.45. The number of nitrogens with one attached hydrogen (secondary N) is 1. The van der Waals surface area contributed by atoms with Gasteiger partial charge in [0.1, 0.15) is 0 Å². The van der Waals surface area contributed by atoms with Gasteiger partial charge in [0.15, 0.2) is 0 Å². The number of benzene rings is 1. The van der Waals surface area contributed by atoms with Gasteiger partial charge in [-0.05, 0) is 30.2 Å². The van der Waals surface area contributed by atoms with E-state index < -0.39 is 0 Å². The topological polar surface area (TPSA) is 36.2 Å². The third kappa shape index (κ3) is 3.65. The summed E-state index contributed by atoms with van der Waals surface area (Å²) in [5.41, 5.74) is 2.96. The maximum Gasteiger partial charge on any atom is 0.0567 e. The van der Waals surface area contributed by atoms with Gasteiger partial charge in [0, 0.05) is 13.3 Å². The summed E-state index contributed by atoms with van der Waals surface area (Å²) in [5.74, 6) is 0. The van der Waals surface area contributed by atoms with E-state index in [0.717, 1.165) is 16.8 Å². The monoisotopic (exact) mass is 212 g/mol. The van der Waals surface area contributed by atoms with Gasteiger partial charge in [-0.3, -0.25) is 4.99 Å². The Balaban J connectivity index is 2.79. The minimum atomic E-state index is 0.912. The van der Waals surface area contributed by atoms with Crippen molar-refractivity contribution in [1.29, 1.82) is 5.41 Å². The van der Waals surface area contributed by atoms with E-state index in [1.165, 1.54) is 6.21 Å². The van der Waals surface area contributed by atoms with Crippen LogP contribution >= 0.6 is 0 Å². The lowest BCUT2D eigenvalue weighted by Gasteiger charge is -1.95. The summed E-state index contributed by atoms with van der Waals surface area (Å²) < 4.78 is 0. The number of aliphatic imine (C=N–C) groups is 1. The Morgan fingerprint density at radius 2 is 1.75 bits per heavy atom. The van der Waals surface area contributed by atoms with E-state index in [4.69, 9.17) is 5.41 Å². The smallest absolute Gasteiger partial charge is 0.0567 e. The molecular formula is C14H16N2. The highest BCUT2D eigenvalue weighted by Crippen LogP contribution is 2.04. The molecule has 0 bridgehead atoms. The number of allylic oxidation sites excluding steroid dienone is 3. The lowest BCUT2D eigenvalue weighted by atomic mass is 10.1. The molecular weight excluding hydrogens is 196 g/mol. The summed E-state index contributed by atoms with van der Waals surface area (Å²) in [5, 5.41) is 7.10. The van der Waals surface area contributed by atoms with Crippen LogP contribution in [0.3, 0.4) is 0 Å². The van der Waals surface area contributed by atoms with Crippen LogP contribution in [0.5, 0.6) is 0 Å². The first-order chi connectivity index (χ1) is 7.80. The van der Waals surface area contributed by atoms with Crippen molar-refractivity contribution in [2.24, 2.45) is 4.99 Å². The second-order valence-electron chi connectivity index (χ2n) is 3.29. The summed E-state index contributed by atoms with van der Waals surface area (Å²) in [7, 11) is 1.78. The molecule has 16 heavy (non-hydrogen) atoms. The van der Waals surface area contributed by atoms with Crippen molar-refractivity contribution in [2.45, 2.75) is 6.92 Å². The maximum absolute atomic E-state index is 7.10. The highest BCUT2D eigenvalue weighted by molar-refractivity contribution is 6.06. The molecule has 0 aliphatic carbocycles. The molecule has 0 aliphatic rings. The normalized spacial score (nSPS) is 12.5. The zero-order chi connectivity index (χ0) is 11.8. The molecule has 0 aromatic heterocycles. The van der Waals surface area contributed by atoms with Gasteiger partial charge in [0.05, 0.1) is 5.71 Å². The highest BCUT2D eigenvalue weighted by Gasteiger charge is 1.89. The average molecular weight is 212 g/mol. The summed E-state index contributed by atoms with van der Waals surface area (Å²) >= 11 is 0. The van der Waals surface area contributed by atoms with Crippen molar-refractivity contribution >= 4 is 18.0 Å². The van der Waals surface area contributed by atoms with E-state index in [0.29, 0.717) is 0 Å². The van der Waals surface area contributed by atoms with Gasteiger partial charge in [0.25, 0.3) is 0 Å². The zero-order valence-electron chi connectivity index (χ0n) is 9.64. The van der Waals surface area contributed by atoms with Crippen LogP contribution in [0.1, 0.15) is 18.1 Å². The first kappa shape index (κ1) is 12.1. The van der Waals surface area contributed by atoms with Crippen molar-refractivity contribution in [1.82, 2.24) is 0 Å². The van der Waals surface area contributed by atoms with Gasteiger partial charge in [-0.15, -0.1) is 0 Å². The van der Waals surface area contributed by atoms with Crippen molar-refractivity contribution in [3.05, 3.63) is 53.6 Å². The summed E-state index contributed by atoms with van der Waals surface area (Å²) in [6.07, 6.45) is 9.25. The maximum atomic E-state index is 7.10. The third-order valence-corrected chi connectivity index (χ3v) is 2.15. The van der Waals surface area contributed by atoms with Crippen LogP contribution < -0.4 is 0 Å². The van der Waals surface area contributed by atoms with Crippen LogP contribution in [-0.4, -0.2) is 19.0 Å². The van der Waals surface area contributed by atoms with E-state index in [1.807, 2.05) is 55.5 Å². The standard InChI is InChI=1S/C14H16N2/c1-3-4-14(16-2)10-9-12-5-7-13(11-15)8-6-12/h3-11,15H,1-2H3/b4-3-,10-9+,15-11?,16-14?. The minimum absolute atomic E-state index is 0.912. The molecule has 0 aliphatic heterocycles. The van der Waals surface area contributed by atoms with Crippen LogP contribution in [0, 0.1) is 5.41 Å². The molecule has 82 valence electrons. The number of hydrogen-bond donors (Lipinski definition) is 1. The molecule has 1 N–H and O–H groups in total. The molecule has 1 aromatic carbocycles. The van der Waals surface area contributed by atoms with E-state index in [-0.39, 0.29) is 0 Å². The summed E-state index contributed by atoms with van der Waals surface area (Å²) in [6, 6.07) is 7.82. The van der Waals surface area contributed by atoms with Crippen molar-refractivity contribution in [3.8, 4) is 0 Å². The fourth-order valence-electron chi connectivity index (χ4n) is 1.26. The molecule has 0 fully saturated rings. The average Bonchev–Trinajstić information content (AvgIpc) is 2.35. The Kier molecular flexibility index (Phi) is 4.93. The lowest BCUT2D eigenvalue weighted by Crippen LogP contribution is -1.86. The zero-order valence-corrected chi connectivity index (χ0v) is 9.64. The van der Waals surface area contributed by atoms with Crippen LogP contribution in [0.15, 0.2) is 47.5 Å². The van der Waals surface area contributed by atoms with Crippen molar-refractivity contribution in [2.75, 3.05) is 7.05 Å². The predicted octanol–water partition coefficient (Wildman–Crippen LogP) is 3.34. The fraction of sp³-hybridized carbons (Fsp3) is 0.143. The summed E-state index contributed by atoms with van der Waals surface area (Å²) in [4.78, 5) is 4.13. The van der Waals surface area contributed by atoms with Gasteiger partial charge in [-0.1, -0.05) is 36.4 Å². The van der Waals surface area contributed by atoms with Crippen LogP contribution in [0.4, 0.5) is 0 Å². The van der Waals surface area contributed by atoms with Crippen molar-refractivity contribution < 1.29 is 0 Å². The van der Waals surface area contributed by atoms with Crippen LogP contribution in [0.25, 0.3) is 6.08 Å². The molecule has 2 heteroatoms. The molecule has 1 aromatic rings. The molecule has 0 radical (unpaired) electrons. The van der Waals surface area contributed by atoms with Gasteiger partial charge in [-0.25, -0.2) is 0 Å². The third-order valence-electron chi connectivity index (χ3n) is 2.15. The number of nitrogens with zero attached hydrogens (tertiary/aromatic N) is 1. The first-order valence-corrected chi connectivity index (χ1v) is 5.18. The molecule has 0 amide bonds. The van der Waals surface area contributed by atoms with E-state index >= 15 is 0 Å². The Morgan fingerprint density at radius 1 is 1.12 bits per heavy atom. The number of rotatable bonds is 4. The SMILES string of the molecule is C/C=C\C(/C=C/c1ccc(C=N)cc1)=NC. The van der Waals surface area contributed by atoms with Crippen LogP contribution in [-0.2, 0) is 0 Å². The quantitative estimate of drug-likeness (QED) is 0.743.